The molecule has 5 heterocycles. The van der Waals surface area contributed by atoms with E-state index < -0.39 is 0 Å². The van der Waals surface area contributed by atoms with Gasteiger partial charge in [0.1, 0.15) is 11.6 Å². The van der Waals surface area contributed by atoms with Crippen LogP contribution in [0.25, 0.3) is 16.7 Å². The summed E-state index contributed by atoms with van der Waals surface area (Å²) in [6.45, 7) is 6.04. The van der Waals surface area contributed by atoms with Gasteiger partial charge in [0.05, 0.1) is 23.0 Å². The fourth-order valence-electron chi connectivity index (χ4n) is 4.97. The molecule has 9 nitrogen and oxygen atoms in total. The predicted octanol–water partition coefficient (Wildman–Crippen LogP) is 3.57. The number of rotatable bonds is 4. The maximum Gasteiger partial charge on any atom is 0.289 e. The number of fused-ring (bicyclic) bond motifs is 1. The molecule has 0 bridgehead atoms. The van der Waals surface area contributed by atoms with Crippen molar-refractivity contribution in [1.82, 2.24) is 24.6 Å². The van der Waals surface area contributed by atoms with Crippen LogP contribution in [0.4, 0.5) is 5.82 Å². The van der Waals surface area contributed by atoms with Crippen LogP contribution in [0.1, 0.15) is 40.8 Å². The van der Waals surface area contributed by atoms with Gasteiger partial charge >= 0.3 is 0 Å². The Morgan fingerprint density at radius 1 is 0.971 bits per heavy atom. The van der Waals surface area contributed by atoms with Crippen LogP contribution in [-0.2, 0) is 4.74 Å². The molecular weight excluding hydrogens is 444 g/mol. The third kappa shape index (κ3) is 4.05. The largest absolute Gasteiger partial charge is 0.459 e. The Bertz CT molecular complexity index is 1320. The number of anilines is 1. The second kappa shape index (κ2) is 9.14. The minimum atomic E-state index is -0.0709. The molecule has 2 aliphatic heterocycles. The topological polar surface area (TPSA) is 89.5 Å². The highest BCUT2D eigenvalue weighted by Gasteiger charge is 2.29. The highest BCUT2D eigenvalue weighted by atomic mass is 16.5. The number of carbonyl (C=O) groups excluding carboxylic acids is 1. The zero-order valence-corrected chi connectivity index (χ0v) is 19.8. The molecule has 2 saturated heterocycles. The number of nitrogens with zero attached hydrogens (tertiary/aromatic N) is 6. The molecule has 0 spiro atoms. The molecule has 180 valence electrons. The minimum Gasteiger partial charge on any atom is -0.459 e. The summed E-state index contributed by atoms with van der Waals surface area (Å²) in [5, 5.41) is 5.83. The molecule has 0 radical (unpaired) electrons. The number of hydrogen-bond donors (Lipinski definition) is 0. The number of aromatic nitrogens is 4. The fourth-order valence-corrected chi connectivity index (χ4v) is 4.97. The van der Waals surface area contributed by atoms with E-state index in [0.29, 0.717) is 31.9 Å². The Morgan fingerprint density at radius 2 is 1.74 bits per heavy atom. The monoisotopic (exact) mass is 472 g/mol. The maximum absolute atomic E-state index is 12.8. The first kappa shape index (κ1) is 21.8. The van der Waals surface area contributed by atoms with E-state index in [0.717, 1.165) is 60.1 Å². The molecule has 1 aromatic carbocycles. The van der Waals surface area contributed by atoms with E-state index in [-0.39, 0.29) is 11.8 Å². The van der Waals surface area contributed by atoms with Gasteiger partial charge in [-0.3, -0.25) is 4.79 Å². The molecule has 3 aromatic heterocycles. The van der Waals surface area contributed by atoms with Crippen molar-refractivity contribution in [3.8, 4) is 5.69 Å². The number of furan rings is 1. The van der Waals surface area contributed by atoms with Crippen LogP contribution in [0.15, 0.2) is 53.1 Å². The van der Waals surface area contributed by atoms with E-state index in [4.69, 9.17) is 24.2 Å². The molecular formula is C26H28N6O3. The van der Waals surface area contributed by atoms with Gasteiger partial charge in [-0.05, 0) is 44.0 Å². The summed E-state index contributed by atoms with van der Waals surface area (Å²) in [4.78, 5) is 27.0. The van der Waals surface area contributed by atoms with Crippen molar-refractivity contribution < 1.29 is 13.9 Å². The summed E-state index contributed by atoms with van der Waals surface area (Å²) in [6.07, 6.45) is 3.36. The Kier molecular flexibility index (Phi) is 5.69. The van der Waals surface area contributed by atoms with Crippen LogP contribution in [0.5, 0.6) is 0 Å². The van der Waals surface area contributed by atoms with E-state index in [1.165, 1.54) is 6.26 Å². The SMILES string of the molecule is Cc1nn(-c2ccccc2)c2nc(C3CCOCC3)nc(N3CCN(C(=O)c4ccco4)CC3)c12. The van der Waals surface area contributed by atoms with Crippen molar-refractivity contribution in [1.29, 1.82) is 0 Å². The lowest BCUT2D eigenvalue weighted by Crippen LogP contribution is -2.49. The van der Waals surface area contributed by atoms with Gasteiger partial charge < -0.3 is 19.0 Å². The number of para-hydroxylation sites is 1. The summed E-state index contributed by atoms with van der Waals surface area (Å²) in [5.41, 5.74) is 2.70. The molecule has 0 atom stereocenters. The second-order valence-corrected chi connectivity index (χ2v) is 9.08. The summed E-state index contributed by atoms with van der Waals surface area (Å²) in [6, 6.07) is 13.6. The molecule has 0 N–H and O–H groups in total. The summed E-state index contributed by atoms with van der Waals surface area (Å²) >= 11 is 0. The molecule has 6 rings (SSSR count). The van der Waals surface area contributed by atoms with Gasteiger partial charge in [-0.25, -0.2) is 14.6 Å². The average Bonchev–Trinajstić information content (AvgIpc) is 3.58. The van der Waals surface area contributed by atoms with E-state index in [9.17, 15) is 4.79 Å². The van der Waals surface area contributed by atoms with E-state index in [1.54, 1.807) is 12.1 Å². The number of aryl methyl sites for hydroxylation is 1. The normalized spacial score (nSPS) is 17.3. The first-order chi connectivity index (χ1) is 17.2. The lowest BCUT2D eigenvalue weighted by Gasteiger charge is -2.35. The van der Waals surface area contributed by atoms with Gasteiger partial charge in [-0.1, -0.05) is 18.2 Å². The first-order valence-corrected chi connectivity index (χ1v) is 12.2. The van der Waals surface area contributed by atoms with Crippen molar-refractivity contribution in [2.24, 2.45) is 0 Å². The van der Waals surface area contributed by atoms with Crippen molar-refractivity contribution >= 4 is 22.8 Å². The number of carbonyl (C=O) groups is 1. The number of ether oxygens (including phenoxy) is 1. The predicted molar refractivity (Wildman–Crippen MR) is 131 cm³/mol. The standard InChI is InChI=1S/C26H28N6O3/c1-18-22-24(30-11-13-31(14-12-30)26(33)21-8-5-15-35-21)27-23(19-9-16-34-17-10-19)28-25(22)32(29-18)20-6-3-2-4-7-20/h2-8,15,19H,9-14,16-17H2,1H3. The highest BCUT2D eigenvalue weighted by Crippen LogP contribution is 2.33. The number of piperazine rings is 1. The molecule has 2 aliphatic rings. The van der Waals surface area contributed by atoms with Crippen molar-refractivity contribution in [3.05, 3.63) is 66.0 Å². The van der Waals surface area contributed by atoms with Gasteiger partial charge in [0.25, 0.3) is 5.91 Å². The number of benzene rings is 1. The van der Waals surface area contributed by atoms with Crippen LogP contribution in [0.2, 0.25) is 0 Å². The average molecular weight is 473 g/mol. The summed E-state index contributed by atoms with van der Waals surface area (Å²) in [7, 11) is 0. The minimum absolute atomic E-state index is 0.0709. The van der Waals surface area contributed by atoms with E-state index in [2.05, 4.69) is 4.90 Å². The van der Waals surface area contributed by atoms with Crippen molar-refractivity contribution in [2.45, 2.75) is 25.7 Å². The number of amides is 1. The molecule has 35 heavy (non-hydrogen) atoms. The van der Waals surface area contributed by atoms with Crippen LogP contribution >= 0.6 is 0 Å². The van der Waals surface area contributed by atoms with Crippen LogP contribution < -0.4 is 4.90 Å². The molecule has 4 aromatic rings. The highest BCUT2D eigenvalue weighted by molar-refractivity contribution is 5.93. The molecule has 0 unspecified atom stereocenters. The summed E-state index contributed by atoms with van der Waals surface area (Å²) < 4.78 is 12.8. The van der Waals surface area contributed by atoms with E-state index in [1.807, 2.05) is 46.8 Å². The Hall–Kier alpha value is -3.72. The molecule has 9 heteroatoms. The van der Waals surface area contributed by atoms with Gasteiger partial charge in [0.2, 0.25) is 0 Å². The summed E-state index contributed by atoms with van der Waals surface area (Å²) in [5.74, 6) is 2.32. The van der Waals surface area contributed by atoms with Crippen LogP contribution in [0, 0.1) is 6.92 Å². The van der Waals surface area contributed by atoms with Crippen molar-refractivity contribution in [2.75, 3.05) is 44.3 Å². The fraction of sp³-hybridized carbons (Fsp3) is 0.385. The van der Waals surface area contributed by atoms with Gasteiger partial charge in [0.15, 0.2) is 11.4 Å². The quantitative estimate of drug-likeness (QED) is 0.449. The zero-order chi connectivity index (χ0) is 23.8. The second-order valence-electron chi connectivity index (χ2n) is 9.08. The van der Waals surface area contributed by atoms with Gasteiger partial charge in [-0.15, -0.1) is 0 Å². The molecule has 1 amide bonds. The zero-order valence-electron chi connectivity index (χ0n) is 19.8. The molecule has 2 fully saturated rings. The Morgan fingerprint density at radius 3 is 2.46 bits per heavy atom. The Labute approximate surface area is 203 Å². The third-order valence-corrected chi connectivity index (χ3v) is 6.89. The lowest BCUT2D eigenvalue weighted by molar-refractivity contribution is 0.0714. The molecule has 0 saturated carbocycles. The van der Waals surface area contributed by atoms with E-state index >= 15 is 0 Å². The van der Waals surface area contributed by atoms with Gasteiger partial charge in [-0.2, -0.15) is 5.10 Å². The molecule has 0 aliphatic carbocycles. The van der Waals surface area contributed by atoms with Crippen LogP contribution in [-0.4, -0.2) is 69.9 Å². The smallest absolute Gasteiger partial charge is 0.289 e. The Balaban J connectivity index is 1.38. The lowest BCUT2D eigenvalue weighted by atomic mass is 9.99. The number of hydrogen-bond acceptors (Lipinski definition) is 7. The third-order valence-electron chi connectivity index (χ3n) is 6.89. The van der Waals surface area contributed by atoms with Gasteiger partial charge in [0, 0.05) is 45.3 Å². The maximum atomic E-state index is 12.8. The first-order valence-electron chi connectivity index (χ1n) is 12.2. The van der Waals surface area contributed by atoms with Crippen molar-refractivity contribution in [3.63, 3.8) is 0 Å². The van der Waals surface area contributed by atoms with Crippen LogP contribution in [0.3, 0.4) is 0 Å².